The maximum Gasteiger partial charge on any atom is 0.241 e. The number of nitrogens with two attached hydrogens (primary N) is 1. The first kappa shape index (κ1) is 17.2. The molecule has 116 valence electrons. The molecule has 4 N–H and O–H groups in total. The number of hydrogen-bond donors (Lipinski definition) is 3. The second-order valence-electron chi connectivity index (χ2n) is 5.46. The van der Waals surface area contributed by atoms with Crippen molar-refractivity contribution in [2.24, 2.45) is 11.7 Å². The molecular formula is C16H25N3O2. The van der Waals surface area contributed by atoms with E-state index in [1.54, 1.807) is 24.3 Å². The number of carbonyl (C=O) groups is 2. The third-order valence-corrected chi connectivity index (χ3v) is 3.13. The van der Waals surface area contributed by atoms with Gasteiger partial charge in [0, 0.05) is 17.3 Å². The van der Waals surface area contributed by atoms with Crippen LogP contribution in [-0.4, -0.2) is 17.9 Å². The summed E-state index contributed by atoms with van der Waals surface area (Å²) in [4.78, 5) is 23.6. The Labute approximate surface area is 126 Å². The Balaban J connectivity index is 2.64. The van der Waals surface area contributed by atoms with Crippen LogP contribution in [0.25, 0.3) is 0 Å². The van der Waals surface area contributed by atoms with Gasteiger partial charge in [-0.05, 0) is 24.6 Å². The van der Waals surface area contributed by atoms with Gasteiger partial charge in [-0.3, -0.25) is 9.59 Å². The van der Waals surface area contributed by atoms with Crippen LogP contribution in [-0.2, 0) is 9.59 Å². The molecule has 2 amide bonds. The van der Waals surface area contributed by atoms with E-state index in [1.807, 2.05) is 13.8 Å². The molecule has 21 heavy (non-hydrogen) atoms. The van der Waals surface area contributed by atoms with Crippen molar-refractivity contribution in [2.75, 3.05) is 10.6 Å². The van der Waals surface area contributed by atoms with Gasteiger partial charge in [0.25, 0.3) is 0 Å². The Hall–Kier alpha value is -1.88. The molecule has 0 saturated carbocycles. The van der Waals surface area contributed by atoms with Crippen LogP contribution in [0.15, 0.2) is 24.3 Å². The summed E-state index contributed by atoms with van der Waals surface area (Å²) >= 11 is 0. The maximum absolute atomic E-state index is 11.9. The highest BCUT2D eigenvalue weighted by molar-refractivity contribution is 5.96. The van der Waals surface area contributed by atoms with Crippen molar-refractivity contribution in [1.82, 2.24) is 0 Å². The fourth-order valence-corrected chi connectivity index (χ4v) is 1.75. The number of unbranched alkanes of at least 4 members (excludes halogenated alkanes) is 1. The molecule has 0 aliphatic rings. The largest absolute Gasteiger partial charge is 0.326 e. The molecular weight excluding hydrogens is 266 g/mol. The predicted octanol–water partition coefficient (Wildman–Crippen LogP) is 2.74. The van der Waals surface area contributed by atoms with Gasteiger partial charge in [0.1, 0.15) is 0 Å². The first-order valence-corrected chi connectivity index (χ1v) is 7.41. The number of nitrogens with one attached hydrogen (secondary N) is 2. The molecule has 5 nitrogen and oxygen atoms in total. The minimum Gasteiger partial charge on any atom is -0.326 e. The van der Waals surface area contributed by atoms with Crippen molar-refractivity contribution in [3.8, 4) is 0 Å². The maximum atomic E-state index is 11.9. The Morgan fingerprint density at radius 2 is 1.71 bits per heavy atom. The number of rotatable bonds is 7. The topological polar surface area (TPSA) is 84.2 Å². The number of hydrogen-bond acceptors (Lipinski definition) is 3. The molecule has 0 spiro atoms. The highest BCUT2D eigenvalue weighted by Gasteiger charge is 2.13. The fourth-order valence-electron chi connectivity index (χ4n) is 1.75. The third-order valence-electron chi connectivity index (χ3n) is 3.13. The van der Waals surface area contributed by atoms with E-state index in [4.69, 9.17) is 5.73 Å². The monoisotopic (exact) mass is 291 g/mol. The molecule has 0 fully saturated rings. The van der Waals surface area contributed by atoms with Crippen molar-refractivity contribution in [3.63, 3.8) is 0 Å². The summed E-state index contributed by atoms with van der Waals surface area (Å²) in [5.74, 6) is -0.348. The average molecular weight is 291 g/mol. The van der Waals surface area contributed by atoms with Crippen LogP contribution in [0.1, 0.15) is 40.0 Å². The lowest BCUT2D eigenvalue weighted by Crippen LogP contribution is -2.35. The lowest BCUT2D eigenvalue weighted by molar-refractivity contribution is -0.119. The lowest BCUT2D eigenvalue weighted by Gasteiger charge is -2.13. The van der Waals surface area contributed by atoms with Crippen LogP contribution in [0.5, 0.6) is 0 Å². The highest BCUT2D eigenvalue weighted by atomic mass is 16.2. The minimum atomic E-state index is -0.501. The van der Waals surface area contributed by atoms with Crippen molar-refractivity contribution < 1.29 is 9.59 Å². The Morgan fingerprint density at radius 3 is 2.24 bits per heavy atom. The van der Waals surface area contributed by atoms with Crippen LogP contribution in [0, 0.1) is 5.92 Å². The van der Waals surface area contributed by atoms with E-state index < -0.39 is 6.04 Å². The van der Waals surface area contributed by atoms with E-state index in [9.17, 15) is 9.59 Å². The first-order valence-electron chi connectivity index (χ1n) is 7.41. The van der Waals surface area contributed by atoms with Gasteiger partial charge in [-0.25, -0.2) is 0 Å². The molecule has 0 aromatic heterocycles. The number of benzene rings is 1. The van der Waals surface area contributed by atoms with Gasteiger partial charge in [0.05, 0.1) is 6.04 Å². The average Bonchev–Trinajstić information content (AvgIpc) is 2.44. The van der Waals surface area contributed by atoms with Crippen LogP contribution in [0.3, 0.4) is 0 Å². The quantitative estimate of drug-likeness (QED) is 0.722. The van der Waals surface area contributed by atoms with Gasteiger partial charge in [0.15, 0.2) is 0 Å². The zero-order chi connectivity index (χ0) is 15.8. The van der Waals surface area contributed by atoms with Crippen molar-refractivity contribution in [1.29, 1.82) is 0 Å². The smallest absolute Gasteiger partial charge is 0.241 e. The molecule has 1 rings (SSSR count). The number of anilines is 2. The molecule has 0 bridgehead atoms. The van der Waals surface area contributed by atoms with Crippen LogP contribution in [0.2, 0.25) is 0 Å². The van der Waals surface area contributed by atoms with Gasteiger partial charge in [0.2, 0.25) is 11.8 Å². The molecule has 0 aliphatic heterocycles. The summed E-state index contributed by atoms with van der Waals surface area (Å²) in [5.41, 5.74) is 7.12. The Morgan fingerprint density at radius 1 is 1.14 bits per heavy atom. The number of carbonyl (C=O) groups excluding carboxylic acids is 2. The summed E-state index contributed by atoms with van der Waals surface area (Å²) in [7, 11) is 0. The third kappa shape index (κ3) is 5.95. The van der Waals surface area contributed by atoms with Crippen LogP contribution in [0.4, 0.5) is 11.4 Å². The predicted molar refractivity (Wildman–Crippen MR) is 86.0 cm³/mol. The van der Waals surface area contributed by atoms with Crippen molar-refractivity contribution in [3.05, 3.63) is 24.3 Å². The van der Waals surface area contributed by atoms with Crippen molar-refractivity contribution in [2.45, 2.75) is 46.1 Å². The molecule has 0 saturated heterocycles. The van der Waals surface area contributed by atoms with Crippen molar-refractivity contribution >= 4 is 23.2 Å². The van der Waals surface area contributed by atoms with Gasteiger partial charge in [-0.2, -0.15) is 0 Å². The molecule has 1 unspecified atom stereocenters. The zero-order valence-corrected chi connectivity index (χ0v) is 13.0. The van der Waals surface area contributed by atoms with E-state index in [0.717, 1.165) is 12.8 Å². The van der Waals surface area contributed by atoms with Gasteiger partial charge >= 0.3 is 0 Å². The zero-order valence-electron chi connectivity index (χ0n) is 13.0. The van der Waals surface area contributed by atoms with E-state index >= 15 is 0 Å². The van der Waals surface area contributed by atoms with E-state index in [1.165, 1.54) is 0 Å². The summed E-state index contributed by atoms with van der Waals surface area (Å²) in [5, 5.41) is 5.58. The summed E-state index contributed by atoms with van der Waals surface area (Å²) < 4.78 is 0. The highest BCUT2D eigenvalue weighted by Crippen LogP contribution is 2.16. The first-order chi connectivity index (χ1) is 9.93. The van der Waals surface area contributed by atoms with Gasteiger partial charge in [-0.1, -0.05) is 39.7 Å². The number of amides is 2. The Bertz CT molecular complexity index is 486. The lowest BCUT2D eigenvalue weighted by atomic mass is 10.1. The second-order valence-corrected chi connectivity index (χ2v) is 5.46. The molecule has 5 heteroatoms. The van der Waals surface area contributed by atoms with E-state index in [0.29, 0.717) is 17.8 Å². The standard InChI is InChI=1S/C16H25N3O2/c1-4-5-9-14(17)16(21)19-13-8-6-7-12(10-13)18-15(20)11(2)3/h6-8,10-11,14H,4-5,9,17H2,1-3H3,(H,18,20)(H,19,21). The van der Waals surface area contributed by atoms with Crippen LogP contribution >= 0.6 is 0 Å². The molecule has 0 radical (unpaired) electrons. The summed E-state index contributed by atoms with van der Waals surface area (Å²) in [6.45, 7) is 5.72. The van der Waals surface area contributed by atoms with Crippen LogP contribution < -0.4 is 16.4 Å². The SMILES string of the molecule is CCCCC(N)C(=O)Nc1cccc(NC(=O)C(C)C)c1. The molecule has 0 aliphatic carbocycles. The van der Waals surface area contributed by atoms with Gasteiger partial charge < -0.3 is 16.4 Å². The minimum absolute atomic E-state index is 0.0573. The summed E-state index contributed by atoms with van der Waals surface area (Å²) in [6.07, 6.45) is 2.61. The van der Waals surface area contributed by atoms with Gasteiger partial charge in [-0.15, -0.1) is 0 Å². The fraction of sp³-hybridized carbons (Fsp3) is 0.500. The van der Waals surface area contributed by atoms with E-state index in [-0.39, 0.29) is 17.7 Å². The summed E-state index contributed by atoms with van der Waals surface area (Å²) in [6, 6.07) is 6.56. The molecule has 0 heterocycles. The Kier molecular flexibility index (Phi) is 6.88. The molecule has 1 aromatic carbocycles. The van der Waals surface area contributed by atoms with E-state index in [2.05, 4.69) is 17.6 Å². The second kappa shape index (κ2) is 8.42. The molecule has 1 aromatic rings. The normalized spacial score (nSPS) is 12.0. The molecule has 1 atom stereocenters.